The number of halogens is 1. The van der Waals surface area contributed by atoms with E-state index < -0.39 is 10.8 Å². The third-order valence-electron chi connectivity index (χ3n) is 2.37. The van der Waals surface area contributed by atoms with Gasteiger partial charge in [-0.05, 0) is 24.1 Å². The van der Waals surface area contributed by atoms with Gasteiger partial charge < -0.3 is 11.1 Å². The molecule has 0 saturated carbocycles. The summed E-state index contributed by atoms with van der Waals surface area (Å²) in [5.74, 6) is 1.15. The van der Waals surface area contributed by atoms with E-state index in [0.717, 1.165) is 0 Å². The van der Waals surface area contributed by atoms with E-state index in [0.29, 0.717) is 33.8 Å². The fourth-order valence-electron chi connectivity index (χ4n) is 1.51. The highest BCUT2D eigenvalue weighted by Gasteiger charge is 2.09. The van der Waals surface area contributed by atoms with Crippen LogP contribution in [0.25, 0.3) is 0 Å². The van der Waals surface area contributed by atoms with Gasteiger partial charge >= 0.3 is 0 Å². The summed E-state index contributed by atoms with van der Waals surface area (Å²) in [6.07, 6.45) is 0.214. The van der Waals surface area contributed by atoms with Gasteiger partial charge in [-0.1, -0.05) is 25.4 Å². The molecule has 4 nitrogen and oxygen atoms in total. The van der Waals surface area contributed by atoms with Crippen LogP contribution in [0, 0.1) is 5.92 Å². The number of anilines is 2. The van der Waals surface area contributed by atoms with Gasteiger partial charge in [-0.3, -0.25) is 9.00 Å². The summed E-state index contributed by atoms with van der Waals surface area (Å²) in [6.45, 7) is 4.01. The minimum Gasteiger partial charge on any atom is -0.397 e. The van der Waals surface area contributed by atoms with Crippen molar-refractivity contribution >= 4 is 39.7 Å². The molecule has 1 aromatic rings. The average Bonchev–Trinajstić information content (AvgIpc) is 2.30. The molecule has 0 aliphatic heterocycles. The van der Waals surface area contributed by atoms with Crippen molar-refractivity contribution in [1.29, 1.82) is 0 Å². The van der Waals surface area contributed by atoms with Crippen LogP contribution in [-0.2, 0) is 15.6 Å². The van der Waals surface area contributed by atoms with Gasteiger partial charge in [0.05, 0.1) is 11.4 Å². The summed E-state index contributed by atoms with van der Waals surface area (Å²) in [6, 6.07) is 4.89. The number of nitrogens with two attached hydrogens (primary N) is 1. The third-order valence-corrected chi connectivity index (χ3v) is 4.30. The van der Waals surface area contributed by atoms with E-state index in [-0.39, 0.29) is 12.3 Å². The molecule has 0 heterocycles. The Labute approximate surface area is 121 Å². The second-order valence-electron chi connectivity index (χ2n) is 4.73. The van der Waals surface area contributed by atoms with Gasteiger partial charge in [0.15, 0.2) is 0 Å². The van der Waals surface area contributed by atoms with E-state index >= 15 is 0 Å². The molecular formula is C13H19ClN2O2S. The summed E-state index contributed by atoms with van der Waals surface area (Å²) in [5.41, 5.74) is 6.68. The molecule has 0 aliphatic carbocycles. The molecule has 0 saturated heterocycles. The maximum atomic E-state index is 11.7. The third kappa shape index (κ3) is 6.07. The Hall–Kier alpha value is -1.07. The quantitative estimate of drug-likeness (QED) is 0.794. The molecule has 6 heteroatoms. The number of carbonyl (C=O) groups is 1. The van der Waals surface area contributed by atoms with E-state index in [2.05, 4.69) is 5.32 Å². The number of rotatable bonds is 6. The van der Waals surface area contributed by atoms with Gasteiger partial charge in [-0.2, -0.15) is 0 Å². The van der Waals surface area contributed by atoms with Crippen LogP contribution in [-0.4, -0.2) is 21.6 Å². The minimum absolute atomic E-state index is 0.203. The summed E-state index contributed by atoms with van der Waals surface area (Å²) in [7, 11) is -0.957. The zero-order valence-electron chi connectivity index (χ0n) is 11.1. The van der Waals surface area contributed by atoms with Crippen molar-refractivity contribution in [2.45, 2.75) is 20.3 Å². The zero-order valence-corrected chi connectivity index (χ0v) is 12.7. The Bertz CT molecular complexity index is 478. The topological polar surface area (TPSA) is 72.2 Å². The standard InChI is InChI=1S/C13H19ClN2O2S/c1-9(2)8-19(18)6-5-13(17)16-12-7-10(14)3-4-11(12)15/h3-4,7,9H,5-6,8,15H2,1-2H3,(H,16,17). The molecule has 106 valence electrons. The maximum Gasteiger partial charge on any atom is 0.225 e. The normalized spacial score (nSPS) is 12.4. The summed E-state index contributed by atoms with van der Waals surface area (Å²) in [5, 5.41) is 3.18. The summed E-state index contributed by atoms with van der Waals surface area (Å²) in [4.78, 5) is 11.7. The van der Waals surface area contributed by atoms with Crippen LogP contribution in [0.4, 0.5) is 11.4 Å². The second-order valence-corrected chi connectivity index (χ2v) is 6.79. The number of carbonyl (C=O) groups excluding carboxylic acids is 1. The second kappa shape index (κ2) is 7.50. The SMILES string of the molecule is CC(C)CS(=O)CCC(=O)Nc1cc(Cl)ccc1N. The molecule has 1 aromatic carbocycles. The van der Waals surface area contributed by atoms with Crippen molar-refractivity contribution < 1.29 is 9.00 Å². The van der Waals surface area contributed by atoms with Crippen LogP contribution in [0.1, 0.15) is 20.3 Å². The first-order valence-corrected chi connectivity index (χ1v) is 7.95. The summed E-state index contributed by atoms with van der Waals surface area (Å²) < 4.78 is 11.6. The lowest BCUT2D eigenvalue weighted by Gasteiger charge is -2.09. The molecule has 0 bridgehead atoms. The van der Waals surface area contributed by atoms with Gasteiger partial charge in [-0.25, -0.2) is 0 Å². The first-order chi connectivity index (χ1) is 8.88. The average molecular weight is 303 g/mol. The number of benzene rings is 1. The van der Waals surface area contributed by atoms with E-state index in [1.807, 2.05) is 13.8 Å². The van der Waals surface area contributed by atoms with Crippen LogP contribution in [0.15, 0.2) is 18.2 Å². The summed E-state index contributed by atoms with van der Waals surface area (Å²) >= 11 is 5.83. The van der Waals surface area contributed by atoms with Crippen LogP contribution in [0.2, 0.25) is 5.02 Å². The van der Waals surface area contributed by atoms with Crippen LogP contribution >= 0.6 is 11.6 Å². The van der Waals surface area contributed by atoms with Gasteiger partial charge in [0.2, 0.25) is 5.91 Å². The lowest BCUT2D eigenvalue weighted by molar-refractivity contribution is -0.115. The van der Waals surface area contributed by atoms with Crippen molar-refractivity contribution in [3.05, 3.63) is 23.2 Å². The molecule has 1 rings (SSSR count). The van der Waals surface area contributed by atoms with Crippen molar-refractivity contribution in [3.63, 3.8) is 0 Å². The van der Waals surface area contributed by atoms with Gasteiger partial charge in [0.25, 0.3) is 0 Å². The number of nitrogen functional groups attached to an aromatic ring is 1. The van der Waals surface area contributed by atoms with Gasteiger partial charge in [0.1, 0.15) is 0 Å². The highest BCUT2D eigenvalue weighted by Crippen LogP contribution is 2.22. The fraction of sp³-hybridized carbons (Fsp3) is 0.462. The molecule has 1 amide bonds. The van der Waals surface area contributed by atoms with E-state index in [9.17, 15) is 9.00 Å². The highest BCUT2D eigenvalue weighted by atomic mass is 35.5. The Morgan fingerprint density at radius 3 is 2.79 bits per heavy atom. The molecule has 1 unspecified atom stereocenters. The molecule has 0 aliphatic rings. The van der Waals surface area contributed by atoms with Crippen LogP contribution in [0.3, 0.4) is 0 Å². The van der Waals surface area contributed by atoms with Crippen LogP contribution < -0.4 is 11.1 Å². The van der Waals surface area contributed by atoms with Crippen molar-refractivity contribution in [3.8, 4) is 0 Å². The Morgan fingerprint density at radius 1 is 1.47 bits per heavy atom. The van der Waals surface area contributed by atoms with E-state index in [1.54, 1.807) is 18.2 Å². The van der Waals surface area contributed by atoms with Crippen molar-refractivity contribution in [1.82, 2.24) is 0 Å². The molecule has 0 aromatic heterocycles. The Morgan fingerprint density at radius 2 is 2.16 bits per heavy atom. The number of hydrogen-bond donors (Lipinski definition) is 2. The van der Waals surface area contributed by atoms with E-state index in [4.69, 9.17) is 17.3 Å². The molecular weight excluding hydrogens is 284 g/mol. The highest BCUT2D eigenvalue weighted by molar-refractivity contribution is 7.85. The molecule has 0 spiro atoms. The zero-order chi connectivity index (χ0) is 14.4. The first-order valence-electron chi connectivity index (χ1n) is 6.08. The van der Waals surface area contributed by atoms with Gasteiger partial charge in [-0.15, -0.1) is 0 Å². The lowest BCUT2D eigenvalue weighted by atomic mass is 10.2. The van der Waals surface area contributed by atoms with Crippen molar-refractivity contribution in [2.24, 2.45) is 5.92 Å². The monoisotopic (exact) mass is 302 g/mol. The minimum atomic E-state index is -0.957. The molecule has 1 atom stereocenters. The fourth-order valence-corrected chi connectivity index (χ4v) is 3.01. The van der Waals surface area contributed by atoms with E-state index in [1.165, 1.54) is 0 Å². The lowest BCUT2D eigenvalue weighted by Crippen LogP contribution is -2.17. The molecule has 0 radical (unpaired) electrons. The first kappa shape index (κ1) is 16.0. The predicted molar refractivity (Wildman–Crippen MR) is 81.8 cm³/mol. The Balaban J connectivity index is 2.47. The van der Waals surface area contributed by atoms with Crippen LogP contribution in [0.5, 0.6) is 0 Å². The largest absolute Gasteiger partial charge is 0.397 e. The number of hydrogen-bond acceptors (Lipinski definition) is 3. The maximum absolute atomic E-state index is 11.7. The molecule has 3 N–H and O–H groups in total. The predicted octanol–water partition coefficient (Wildman–Crippen LogP) is 2.66. The smallest absolute Gasteiger partial charge is 0.225 e. The Kier molecular flexibility index (Phi) is 6.31. The molecule has 19 heavy (non-hydrogen) atoms. The van der Waals surface area contributed by atoms with Crippen molar-refractivity contribution in [2.75, 3.05) is 22.6 Å². The van der Waals surface area contributed by atoms with Gasteiger partial charge in [0, 0.05) is 33.7 Å². The number of nitrogens with one attached hydrogen (secondary N) is 1. The number of amides is 1. The molecule has 0 fully saturated rings.